The second-order valence-corrected chi connectivity index (χ2v) is 2.76. The van der Waals surface area contributed by atoms with Crippen molar-refractivity contribution in [1.29, 1.82) is 0 Å². The minimum absolute atomic E-state index is 0.560. The van der Waals surface area contributed by atoms with E-state index in [9.17, 15) is 0 Å². The van der Waals surface area contributed by atoms with Gasteiger partial charge in [0.1, 0.15) is 5.82 Å². The monoisotopic (exact) mass is 134 g/mol. The van der Waals surface area contributed by atoms with E-state index in [1.165, 1.54) is 5.56 Å². The molecule has 1 atom stereocenters. The maximum Gasteiger partial charge on any atom is 0.129 e. The van der Waals surface area contributed by atoms with E-state index in [1.807, 2.05) is 12.3 Å². The number of aromatic nitrogens is 1. The number of rotatable bonds is 0. The van der Waals surface area contributed by atoms with Gasteiger partial charge in [0.2, 0.25) is 0 Å². The molecule has 1 aromatic rings. The molecule has 0 fully saturated rings. The van der Waals surface area contributed by atoms with Gasteiger partial charge in [0, 0.05) is 12.2 Å². The number of pyridine rings is 1. The van der Waals surface area contributed by atoms with Crippen LogP contribution in [-0.2, 0) is 6.42 Å². The lowest BCUT2D eigenvalue weighted by molar-refractivity contribution is 0.838. The van der Waals surface area contributed by atoms with Crippen molar-refractivity contribution >= 4 is 5.82 Å². The average molecular weight is 134 g/mol. The Kier molecular flexibility index (Phi) is 1.13. The van der Waals surface area contributed by atoms with E-state index < -0.39 is 0 Å². The third kappa shape index (κ3) is 0.764. The van der Waals surface area contributed by atoms with Crippen LogP contribution in [0.2, 0.25) is 0 Å². The van der Waals surface area contributed by atoms with Crippen molar-refractivity contribution in [3.05, 3.63) is 23.9 Å². The smallest absolute Gasteiger partial charge is 0.129 e. The average Bonchev–Trinajstić information content (AvgIpc) is 2.27. The second-order valence-electron chi connectivity index (χ2n) is 2.76. The Morgan fingerprint density at radius 1 is 1.70 bits per heavy atom. The number of nitrogens with one attached hydrogen (secondary N) is 1. The molecule has 52 valence electrons. The van der Waals surface area contributed by atoms with Gasteiger partial charge < -0.3 is 5.32 Å². The number of hydrogen-bond acceptors (Lipinski definition) is 2. The molecule has 0 spiro atoms. The van der Waals surface area contributed by atoms with Crippen LogP contribution in [0.1, 0.15) is 12.5 Å². The maximum absolute atomic E-state index is 4.20. The summed E-state index contributed by atoms with van der Waals surface area (Å²) in [5, 5.41) is 3.29. The van der Waals surface area contributed by atoms with Crippen molar-refractivity contribution in [2.45, 2.75) is 19.4 Å². The first kappa shape index (κ1) is 5.71. The molecule has 2 nitrogen and oxygen atoms in total. The van der Waals surface area contributed by atoms with Gasteiger partial charge in [-0.05, 0) is 25.0 Å². The molecule has 0 bridgehead atoms. The topological polar surface area (TPSA) is 24.9 Å². The zero-order valence-electron chi connectivity index (χ0n) is 5.96. The zero-order valence-corrected chi connectivity index (χ0v) is 5.96. The summed E-state index contributed by atoms with van der Waals surface area (Å²) >= 11 is 0. The van der Waals surface area contributed by atoms with Crippen LogP contribution in [0.4, 0.5) is 5.82 Å². The molecule has 0 saturated heterocycles. The molecule has 1 aliphatic heterocycles. The Morgan fingerprint density at radius 3 is 3.40 bits per heavy atom. The lowest BCUT2D eigenvalue weighted by Crippen LogP contribution is -2.08. The molecule has 1 aromatic heterocycles. The molecule has 10 heavy (non-hydrogen) atoms. The minimum atomic E-state index is 0.560. The molecule has 2 heteroatoms. The van der Waals surface area contributed by atoms with Crippen molar-refractivity contribution in [1.82, 2.24) is 4.98 Å². The van der Waals surface area contributed by atoms with Crippen molar-refractivity contribution in [3.8, 4) is 0 Å². The summed E-state index contributed by atoms with van der Waals surface area (Å²) < 4.78 is 0. The van der Waals surface area contributed by atoms with Crippen molar-refractivity contribution in [2.75, 3.05) is 5.32 Å². The summed E-state index contributed by atoms with van der Waals surface area (Å²) in [6.07, 6.45) is 2.94. The highest BCUT2D eigenvalue weighted by Gasteiger charge is 2.15. The van der Waals surface area contributed by atoms with Gasteiger partial charge in [-0.1, -0.05) is 6.07 Å². The fourth-order valence-electron chi connectivity index (χ4n) is 1.35. The second kappa shape index (κ2) is 1.97. The predicted molar refractivity (Wildman–Crippen MR) is 41.0 cm³/mol. The Morgan fingerprint density at radius 2 is 2.60 bits per heavy atom. The quantitative estimate of drug-likeness (QED) is 0.580. The largest absolute Gasteiger partial charge is 0.367 e. The van der Waals surface area contributed by atoms with Gasteiger partial charge in [-0.3, -0.25) is 0 Å². The van der Waals surface area contributed by atoms with Crippen LogP contribution in [0.3, 0.4) is 0 Å². The first-order valence-electron chi connectivity index (χ1n) is 3.56. The van der Waals surface area contributed by atoms with Crippen LogP contribution in [-0.4, -0.2) is 11.0 Å². The summed E-state index contributed by atoms with van der Waals surface area (Å²) in [6.45, 7) is 2.17. The van der Waals surface area contributed by atoms with Gasteiger partial charge in [-0.2, -0.15) is 0 Å². The molecule has 0 aromatic carbocycles. The molecule has 0 radical (unpaired) electrons. The molecule has 0 saturated carbocycles. The first-order chi connectivity index (χ1) is 4.86. The summed E-state index contributed by atoms with van der Waals surface area (Å²) in [5.74, 6) is 1.06. The molecular formula is C8H10N2. The first-order valence-corrected chi connectivity index (χ1v) is 3.56. The molecule has 1 N–H and O–H groups in total. The summed E-state index contributed by atoms with van der Waals surface area (Å²) in [4.78, 5) is 4.20. The van der Waals surface area contributed by atoms with Gasteiger partial charge in [0.25, 0.3) is 0 Å². The number of nitrogens with zero attached hydrogens (tertiary/aromatic N) is 1. The number of hydrogen-bond donors (Lipinski definition) is 1. The summed E-state index contributed by atoms with van der Waals surface area (Å²) in [5.41, 5.74) is 1.34. The third-order valence-electron chi connectivity index (χ3n) is 1.80. The highest BCUT2D eigenvalue weighted by Crippen LogP contribution is 2.21. The van der Waals surface area contributed by atoms with Gasteiger partial charge in [0.15, 0.2) is 0 Å². The molecule has 2 heterocycles. The normalized spacial score (nSPS) is 21.9. The third-order valence-corrected chi connectivity index (χ3v) is 1.80. The van der Waals surface area contributed by atoms with E-state index in [1.54, 1.807) is 0 Å². The molecule has 2 rings (SSSR count). The van der Waals surface area contributed by atoms with Crippen molar-refractivity contribution in [3.63, 3.8) is 0 Å². The van der Waals surface area contributed by atoms with Crippen LogP contribution in [0.5, 0.6) is 0 Å². The van der Waals surface area contributed by atoms with E-state index in [0.29, 0.717) is 6.04 Å². The molecule has 1 unspecified atom stereocenters. The minimum Gasteiger partial charge on any atom is -0.367 e. The molecule has 0 aliphatic carbocycles. The summed E-state index contributed by atoms with van der Waals surface area (Å²) in [6, 6.07) is 4.67. The van der Waals surface area contributed by atoms with Gasteiger partial charge in [-0.15, -0.1) is 0 Å². The van der Waals surface area contributed by atoms with Crippen LogP contribution >= 0.6 is 0 Å². The Bertz CT molecular complexity index is 220. The lowest BCUT2D eigenvalue weighted by Gasteiger charge is -1.99. The van der Waals surface area contributed by atoms with Crippen LogP contribution in [0.25, 0.3) is 0 Å². The van der Waals surface area contributed by atoms with E-state index >= 15 is 0 Å². The van der Waals surface area contributed by atoms with E-state index in [2.05, 4.69) is 23.3 Å². The highest BCUT2D eigenvalue weighted by atomic mass is 15.0. The number of fused-ring (bicyclic) bond motifs is 1. The maximum atomic E-state index is 4.20. The number of anilines is 1. The Hall–Kier alpha value is -1.05. The van der Waals surface area contributed by atoms with Gasteiger partial charge >= 0.3 is 0 Å². The van der Waals surface area contributed by atoms with Crippen molar-refractivity contribution in [2.24, 2.45) is 0 Å². The van der Waals surface area contributed by atoms with Gasteiger partial charge in [-0.25, -0.2) is 4.98 Å². The van der Waals surface area contributed by atoms with E-state index in [4.69, 9.17) is 0 Å². The molecule has 1 aliphatic rings. The Labute approximate surface area is 60.3 Å². The highest BCUT2D eigenvalue weighted by molar-refractivity contribution is 5.49. The molecular weight excluding hydrogens is 124 g/mol. The van der Waals surface area contributed by atoms with E-state index in [-0.39, 0.29) is 0 Å². The SMILES string of the molecule is CC1Cc2cccnc2N1. The zero-order chi connectivity index (χ0) is 6.97. The lowest BCUT2D eigenvalue weighted by atomic mass is 10.2. The van der Waals surface area contributed by atoms with Crippen LogP contribution in [0, 0.1) is 0 Å². The predicted octanol–water partition coefficient (Wildman–Crippen LogP) is 1.44. The Balaban J connectivity index is 2.42. The van der Waals surface area contributed by atoms with Crippen LogP contribution in [0.15, 0.2) is 18.3 Å². The van der Waals surface area contributed by atoms with E-state index in [0.717, 1.165) is 12.2 Å². The van der Waals surface area contributed by atoms with Crippen molar-refractivity contribution < 1.29 is 0 Å². The molecule has 0 amide bonds. The fraction of sp³-hybridized carbons (Fsp3) is 0.375. The summed E-state index contributed by atoms with van der Waals surface area (Å²) in [7, 11) is 0. The van der Waals surface area contributed by atoms with Crippen LogP contribution < -0.4 is 5.32 Å². The van der Waals surface area contributed by atoms with Gasteiger partial charge in [0.05, 0.1) is 0 Å². The standard InChI is InChI=1S/C8H10N2/c1-6-5-7-3-2-4-9-8(7)10-6/h2-4,6H,5H2,1H3,(H,9,10). The fourth-order valence-corrected chi connectivity index (χ4v) is 1.35.